The third-order valence-electron chi connectivity index (χ3n) is 4.38. The summed E-state index contributed by atoms with van der Waals surface area (Å²) in [6.07, 6.45) is 4.79. The Morgan fingerprint density at radius 1 is 1.25 bits per heavy atom. The van der Waals surface area contributed by atoms with Crippen molar-refractivity contribution in [2.45, 2.75) is 25.0 Å². The second-order valence-corrected chi connectivity index (χ2v) is 5.82. The van der Waals surface area contributed by atoms with Crippen LogP contribution in [0.3, 0.4) is 0 Å². The van der Waals surface area contributed by atoms with Crippen molar-refractivity contribution in [2.75, 3.05) is 19.6 Å². The molecule has 3 heterocycles. The van der Waals surface area contributed by atoms with E-state index in [1.807, 2.05) is 30.5 Å². The van der Waals surface area contributed by atoms with Crippen molar-refractivity contribution < 1.29 is 9.53 Å². The third kappa shape index (κ3) is 2.05. The van der Waals surface area contributed by atoms with Gasteiger partial charge in [-0.3, -0.25) is 9.69 Å². The predicted octanol–water partition coefficient (Wildman–Crippen LogP) is 2.21. The summed E-state index contributed by atoms with van der Waals surface area (Å²) in [5, 5.41) is 1.02. The highest BCUT2D eigenvalue weighted by Crippen LogP contribution is 2.26. The molecular formula is C16H18N2O2. The second-order valence-electron chi connectivity index (χ2n) is 5.82. The fraction of sp³-hybridized carbons (Fsp3) is 0.438. The Labute approximate surface area is 117 Å². The number of carbonyl (C=O) groups is 1. The highest BCUT2D eigenvalue weighted by Gasteiger charge is 2.34. The number of fused-ring (bicyclic) bond motifs is 3. The van der Waals surface area contributed by atoms with Crippen LogP contribution in [-0.4, -0.2) is 47.5 Å². The summed E-state index contributed by atoms with van der Waals surface area (Å²) in [6.45, 7) is 2.29. The molecule has 2 fully saturated rings. The Morgan fingerprint density at radius 3 is 2.80 bits per heavy atom. The molecule has 2 saturated heterocycles. The van der Waals surface area contributed by atoms with Crippen molar-refractivity contribution in [1.82, 2.24) is 9.88 Å². The summed E-state index contributed by atoms with van der Waals surface area (Å²) in [4.78, 5) is 17.9. The van der Waals surface area contributed by atoms with Crippen LogP contribution in [0.25, 0.3) is 10.9 Å². The summed E-state index contributed by atoms with van der Waals surface area (Å²) in [7, 11) is 0. The van der Waals surface area contributed by atoms with Crippen LogP contribution >= 0.6 is 0 Å². The molecule has 1 aromatic carbocycles. The van der Waals surface area contributed by atoms with Gasteiger partial charge in [-0.1, -0.05) is 18.2 Å². The van der Waals surface area contributed by atoms with E-state index in [0.717, 1.165) is 42.4 Å². The topological polar surface area (TPSA) is 45.3 Å². The standard InChI is InChI=1S/C16H18N2O2/c19-16(10-18-8-11-5-6-12(9-18)20-11)14-7-17-15-4-2-1-3-13(14)15/h1-4,7,11-12,17H,5-6,8-10H2. The number of nitrogens with zero attached hydrogens (tertiary/aromatic N) is 1. The van der Waals surface area contributed by atoms with Crippen molar-refractivity contribution >= 4 is 16.7 Å². The van der Waals surface area contributed by atoms with Crippen LogP contribution in [0.2, 0.25) is 0 Å². The second kappa shape index (κ2) is 4.72. The minimum absolute atomic E-state index is 0.198. The molecule has 1 N–H and O–H groups in total. The van der Waals surface area contributed by atoms with Gasteiger partial charge in [-0.15, -0.1) is 0 Å². The molecular weight excluding hydrogens is 252 g/mol. The van der Waals surface area contributed by atoms with Gasteiger partial charge in [0.05, 0.1) is 18.8 Å². The van der Waals surface area contributed by atoms with E-state index in [-0.39, 0.29) is 5.78 Å². The van der Waals surface area contributed by atoms with Crippen LogP contribution in [0.5, 0.6) is 0 Å². The number of morpholine rings is 1. The molecule has 0 amide bonds. The minimum atomic E-state index is 0.198. The lowest BCUT2D eigenvalue weighted by Crippen LogP contribution is -2.44. The molecule has 4 heteroatoms. The van der Waals surface area contributed by atoms with Gasteiger partial charge >= 0.3 is 0 Å². The molecule has 2 aliphatic rings. The zero-order chi connectivity index (χ0) is 13.5. The van der Waals surface area contributed by atoms with Gasteiger partial charge in [0, 0.05) is 35.8 Å². The maximum absolute atomic E-state index is 12.5. The number of H-pyrrole nitrogens is 1. The van der Waals surface area contributed by atoms with Crippen LogP contribution in [0, 0.1) is 0 Å². The normalized spacial score (nSPS) is 26.2. The van der Waals surface area contributed by atoms with E-state index in [1.54, 1.807) is 0 Å². The molecule has 2 bridgehead atoms. The van der Waals surface area contributed by atoms with Crippen LogP contribution < -0.4 is 0 Å². The number of ether oxygens (including phenoxy) is 1. The molecule has 4 nitrogen and oxygen atoms in total. The Hall–Kier alpha value is -1.65. The Kier molecular flexibility index (Phi) is 2.86. The largest absolute Gasteiger partial charge is 0.372 e. The van der Waals surface area contributed by atoms with E-state index in [4.69, 9.17) is 4.74 Å². The number of nitrogens with one attached hydrogen (secondary N) is 1. The van der Waals surface area contributed by atoms with E-state index >= 15 is 0 Å². The van der Waals surface area contributed by atoms with Gasteiger partial charge in [0.25, 0.3) is 0 Å². The van der Waals surface area contributed by atoms with E-state index in [9.17, 15) is 4.79 Å². The first kappa shape index (κ1) is 12.1. The number of rotatable bonds is 3. The van der Waals surface area contributed by atoms with E-state index in [0.29, 0.717) is 18.8 Å². The third-order valence-corrected chi connectivity index (χ3v) is 4.38. The number of likely N-dealkylation sites (tertiary alicyclic amines) is 1. The molecule has 104 valence electrons. The van der Waals surface area contributed by atoms with E-state index in [1.165, 1.54) is 0 Å². The van der Waals surface area contributed by atoms with E-state index in [2.05, 4.69) is 9.88 Å². The quantitative estimate of drug-likeness (QED) is 0.870. The number of aromatic amines is 1. The van der Waals surface area contributed by atoms with Gasteiger partial charge in [-0.25, -0.2) is 0 Å². The number of Topliss-reactive ketones (excluding diaryl/α,β-unsaturated/α-hetero) is 1. The summed E-state index contributed by atoms with van der Waals surface area (Å²) in [6, 6.07) is 7.96. The molecule has 0 saturated carbocycles. The van der Waals surface area contributed by atoms with Crippen molar-refractivity contribution in [3.63, 3.8) is 0 Å². The maximum Gasteiger partial charge on any atom is 0.178 e. The lowest BCUT2D eigenvalue weighted by atomic mass is 10.1. The van der Waals surface area contributed by atoms with Crippen molar-refractivity contribution in [3.05, 3.63) is 36.0 Å². The lowest BCUT2D eigenvalue weighted by molar-refractivity contribution is -0.0355. The predicted molar refractivity (Wildman–Crippen MR) is 77.0 cm³/mol. The number of aromatic nitrogens is 1. The maximum atomic E-state index is 12.5. The number of para-hydroxylation sites is 1. The van der Waals surface area contributed by atoms with Gasteiger partial charge in [-0.05, 0) is 18.9 Å². The number of ketones is 1. The molecule has 0 aliphatic carbocycles. The van der Waals surface area contributed by atoms with Gasteiger partial charge in [0.2, 0.25) is 0 Å². The van der Waals surface area contributed by atoms with Gasteiger partial charge in [0.1, 0.15) is 0 Å². The first-order chi connectivity index (χ1) is 9.79. The molecule has 0 radical (unpaired) electrons. The summed E-state index contributed by atoms with van der Waals surface area (Å²) >= 11 is 0. The van der Waals surface area contributed by atoms with Crippen LogP contribution in [0.4, 0.5) is 0 Å². The average Bonchev–Trinajstić information content (AvgIpc) is 3.02. The summed E-state index contributed by atoms with van der Waals surface area (Å²) < 4.78 is 5.81. The Balaban J connectivity index is 1.53. The molecule has 0 spiro atoms. The molecule has 2 atom stereocenters. The van der Waals surface area contributed by atoms with Gasteiger partial charge in [0.15, 0.2) is 5.78 Å². The van der Waals surface area contributed by atoms with Crippen LogP contribution in [0.1, 0.15) is 23.2 Å². The Morgan fingerprint density at radius 2 is 2.00 bits per heavy atom. The number of hydrogen-bond donors (Lipinski definition) is 1. The number of carbonyl (C=O) groups excluding carboxylic acids is 1. The Bertz CT molecular complexity index is 637. The highest BCUT2D eigenvalue weighted by molar-refractivity contribution is 6.08. The highest BCUT2D eigenvalue weighted by atomic mass is 16.5. The monoisotopic (exact) mass is 270 g/mol. The van der Waals surface area contributed by atoms with Gasteiger partial charge in [-0.2, -0.15) is 0 Å². The molecule has 20 heavy (non-hydrogen) atoms. The zero-order valence-corrected chi connectivity index (χ0v) is 11.3. The van der Waals surface area contributed by atoms with Gasteiger partial charge < -0.3 is 9.72 Å². The van der Waals surface area contributed by atoms with Crippen molar-refractivity contribution in [2.24, 2.45) is 0 Å². The fourth-order valence-electron chi connectivity index (χ4n) is 3.42. The molecule has 2 aromatic rings. The first-order valence-corrected chi connectivity index (χ1v) is 7.27. The van der Waals surface area contributed by atoms with Crippen molar-refractivity contribution in [1.29, 1.82) is 0 Å². The average molecular weight is 270 g/mol. The first-order valence-electron chi connectivity index (χ1n) is 7.27. The SMILES string of the molecule is O=C(CN1CC2CCC(C1)O2)c1c[nH]c2ccccc12. The fourth-order valence-corrected chi connectivity index (χ4v) is 3.42. The summed E-state index contributed by atoms with van der Waals surface area (Å²) in [5.74, 6) is 0.198. The molecule has 2 aliphatic heterocycles. The summed E-state index contributed by atoms with van der Waals surface area (Å²) in [5.41, 5.74) is 1.83. The smallest absolute Gasteiger partial charge is 0.178 e. The van der Waals surface area contributed by atoms with Crippen molar-refractivity contribution in [3.8, 4) is 0 Å². The minimum Gasteiger partial charge on any atom is -0.372 e. The number of hydrogen-bond acceptors (Lipinski definition) is 3. The lowest BCUT2D eigenvalue weighted by Gasteiger charge is -2.31. The number of benzene rings is 1. The molecule has 2 unspecified atom stereocenters. The van der Waals surface area contributed by atoms with Crippen LogP contribution in [0.15, 0.2) is 30.5 Å². The molecule has 4 rings (SSSR count). The zero-order valence-electron chi connectivity index (χ0n) is 11.3. The van der Waals surface area contributed by atoms with Crippen LogP contribution in [-0.2, 0) is 4.74 Å². The molecule has 1 aromatic heterocycles. The van der Waals surface area contributed by atoms with E-state index < -0.39 is 0 Å².